The van der Waals surface area contributed by atoms with Crippen molar-refractivity contribution < 1.29 is 27.2 Å². The Bertz CT molecular complexity index is 884. The Hall–Kier alpha value is -2.35. The van der Waals surface area contributed by atoms with Crippen LogP contribution in [0, 0.1) is 5.92 Å². The molecule has 0 radical (unpaired) electrons. The number of para-hydroxylation sites is 1. The van der Waals surface area contributed by atoms with Crippen molar-refractivity contribution in [1.29, 1.82) is 0 Å². The number of fused-ring (bicyclic) bond motifs is 1. The Morgan fingerprint density at radius 3 is 2.81 bits per heavy atom. The van der Waals surface area contributed by atoms with E-state index in [0.29, 0.717) is 12.2 Å². The first kappa shape index (κ1) is 18.4. The maximum atomic E-state index is 12.0. The van der Waals surface area contributed by atoms with Crippen LogP contribution in [-0.4, -0.2) is 38.4 Å². The maximum absolute atomic E-state index is 12.0. The SMILES string of the molecule is C[C@H](NC(=O)COC(=O)C[C@H]1CCS(=O)(=O)C1)c1cc2ccccc2o1. The molecule has 0 spiro atoms. The highest BCUT2D eigenvalue weighted by Gasteiger charge is 2.30. The maximum Gasteiger partial charge on any atom is 0.306 e. The molecule has 1 aliphatic rings. The molecule has 1 N–H and O–H groups in total. The number of amides is 1. The normalized spacial score (nSPS) is 20.0. The van der Waals surface area contributed by atoms with Gasteiger partial charge >= 0.3 is 5.97 Å². The van der Waals surface area contributed by atoms with Crippen LogP contribution in [0.4, 0.5) is 0 Å². The van der Waals surface area contributed by atoms with Gasteiger partial charge in [-0.25, -0.2) is 8.42 Å². The highest BCUT2D eigenvalue weighted by atomic mass is 32.2. The van der Waals surface area contributed by atoms with Gasteiger partial charge in [0.2, 0.25) is 0 Å². The Labute approximate surface area is 151 Å². The molecular formula is C18H21NO6S. The van der Waals surface area contributed by atoms with Crippen molar-refractivity contribution >= 4 is 32.7 Å². The molecule has 140 valence electrons. The Morgan fingerprint density at radius 2 is 2.12 bits per heavy atom. The first-order valence-corrected chi connectivity index (χ1v) is 10.3. The van der Waals surface area contributed by atoms with Gasteiger partial charge in [-0.05, 0) is 31.4 Å². The second-order valence-corrected chi connectivity index (χ2v) is 8.84. The highest BCUT2D eigenvalue weighted by Crippen LogP contribution is 2.24. The molecular weight excluding hydrogens is 358 g/mol. The van der Waals surface area contributed by atoms with Crippen molar-refractivity contribution in [3.8, 4) is 0 Å². The third-order valence-electron chi connectivity index (χ3n) is 4.40. The zero-order valence-corrected chi connectivity index (χ0v) is 15.3. The average Bonchev–Trinajstić information content (AvgIpc) is 3.16. The minimum atomic E-state index is -3.03. The third kappa shape index (κ3) is 4.63. The second-order valence-electron chi connectivity index (χ2n) is 6.61. The summed E-state index contributed by atoms with van der Waals surface area (Å²) >= 11 is 0. The lowest BCUT2D eigenvalue weighted by Gasteiger charge is -2.12. The number of carbonyl (C=O) groups is 2. The van der Waals surface area contributed by atoms with Crippen molar-refractivity contribution in [3.05, 3.63) is 36.1 Å². The molecule has 1 aliphatic heterocycles. The fraction of sp³-hybridized carbons (Fsp3) is 0.444. The van der Waals surface area contributed by atoms with Crippen LogP contribution in [0.5, 0.6) is 0 Å². The standard InChI is InChI=1S/C18H21NO6S/c1-12(16-9-14-4-2-3-5-15(14)25-16)19-17(20)10-24-18(21)8-13-6-7-26(22,23)11-13/h2-5,9,12-13H,6-8,10-11H2,1H3,(H,19,20)/t12-,13+/m0/s1. The Balaban J connectivity index is 1.45. The van der Waals surface area contributed by atoms with E-state index in [1.54, 1.807) is 6.92 Å². The van der Waals surface area contributed by atoms with Crippen LogP contribution in [0.1, 0.15) is 31.6 Å². The number of benzene rings is 1. The Morgan fingerprint density at radius 1 is 1.35 bits per heavy atom. The molecule has 7 nitrogen and oxygen atoms in total. The number of nitrogens with one attached hydrogen (secondary N) is 1. The summed E-state index contributed by atoms with van der Waals surface area (Å²) in [5, 5.41) is 3.66. The van der Waals surface area contributed by atoms with Gasteiger partial charge in [-0.2, -0.15) is 0 Å². The summed E-state index contributed by atoms with van der Waals surface area (Å²) in [7, 11) is -3.03. The molecule has 1 saturated heterocycles. The zero-order valence-electron chi connectivity index (χ0n) is 14.4. The number of hydrogen-bond acceptors (Lipinski definition) is 6. The number of esters is 1. The van der Waals surface area contributed by atoms with Crippen LogP contribution in [-0.2, 0) is 24.2 Å². The van der Waals surface area contributed by atoms with E-state index >= 15 is 0 Å². The van der Waals surface area contributed by atoms with Gasteiger partial charge in [-0.3, -0.25) is 9.59 Å². The van der Waals surface area contributed by atoms with Crippen LogP contribution in [0.3, 0.4) is 0 Å². The van der Waals surface area contributed by atoms with Gasteiger partial charge in [0.15, 0.2) is 16.4 Å². The van der Waals surface area contributed by atoms with Gasteiger partial charge in [-0.15, -0.1) is 0 Å². The monoisotopic (exact) mass is 379 g/mol. The summed E-state index contributed by atoms with van der Waals surface area (Å²) in [5.74, 6) is -0.478. The number of carbonyl (C=O) groups excluding carboxylic acids is 2. The van der Waals surface area contributed by atoms with E-state index in [2.05, 4.69) is 5.32 Å². The number of rotatable bonds is 6. The first-order chi connectivity index (χ1) is 12.3. The molecule has 1 amide bonds. The minimum Gasteiger partial charge on any atom is -0.459 e. The van der Waals surface area contributed by atoms with E-state index < -0.39 is 28.3 Å². The van der Waals surface area contributed by atoms with E-state index in [9.17, 15) is 18.0 Å². The number of sulfone groups is 1. The van der Waals surface area contributed by atoms with Gasteiger partial charge in [0.1, 0.15) is 11.3 Å². The van der Waals surface area contributed by atoms with Crippen LogP contribution >= 0.6 is 0 Å². The van der Waals surface area contributed by atoms with Crippen LogP contribution in [0.25, 0.3) is 11.0 Å². The molecule has 1 fully saturated rings. The van der Waals surface area contributed by atoms with Crippen molar-refractivity contribution in [1.82, 2.24) is 5.32 Å². The fourth-order valence-electron chi connectivity index (χ4n) is 3.04. The van der Waals surface area contributed by atoms with Gasteiger partial charge < -0.3 is 14.5 Å². The molecule has 1 aromatic heterocycles. The predicted octanol–water partition coefficient (Wildman–Crippen LogP) is 1.98. The van der Waals surface area contributed by atoms with E-state index in [1.165, 1.54) is 0 Å². The molecule has 0 saturated carbocycles. The number of ether oxygens (including phenoxy) is 1. The van der Waals surface area contributed by atoms with Gasteiger partial charge in [0.25, 0.3) is 5.91 Å². The lowest BCUT2D eigenvalue weighted by Crippen LogP contribution is -2.31. The summed E-state index contributed by atoms with van der Waals surface area (Å²) in [5.41, 5.74) is 0.738. The average molecular weight is 379 g/mol. The Kier molecular flexibility index (Phi) is 5.31. The second kappa shape index (κ2) is 7.49. The van der Waals surface area contributed by atoms with Gasteiger partial charge in [0, 0.05) is 11.8 Å². The molecule has 2 heterocycles. The number of hydrogen-bond donors (Lipinski definition) is 1. The van der Waals surface area contributed by atoms with E-state index in [-0.39, 0.29) is 29.9 Å². The molecule has 0 unspecified atom stereocenters. The molecule has 26 heavy (non-hydrogen) atoms. The van der Waals surface area contributed by atoms with Gasteiger partial charge in [-0.1, -0.05) is 18.2 Å². The highest BCUT2D eigenvalue weighted by molar-refractivity contribution is 7.91. The van der Waals surface area contributed by atoms with Crippen molar-refractivity contribution in [2.45, 2.75) is 25.8 Å². The summed E-state index contributed by atoms with van der Waals surface area (Å²) in [6.07, 6.45) is 0.484. The summed E-state index contributed by atoms with van der Waals surface area (Å²) in [6.45, 7) is 1.38. The largest absolute Gasteiger partial charge is 0.459 e. The van der Waals surface area contributed by atoms with Crippen molar-refractivity contribution in [3.63, 3.8) is 0 Å². The smallest absolute Gasteiger partial charge is 0.306 e. The summed E-state index contributed by atoms with van der Waals surface area (Å²) < 4.78 is 33.4. The quantitative estimate of drug-likeness (QED) is 0.770. The summed E-state index contributed by atoms with van der Waals surface area (Å²) in [6, 6.07) is 9.02. The van der Waals surface area contributed by atoms with Crippen LogP contribution in [0.2, 0.25) is 0 Å². The van der Waals surface area contributed by atoms with Gasteiger partial charge in [0.05, 0.1) is 17.5 Å². The van der Waals surface area contributed by atoms with Crippen LogP contribution in [0.15, 0.2) is 34.7 Å². The third-order valence-corrected chi connectivity index (χ3v) is 6.23. The first-order valence-electron chi connectivity index (χ1n) is 8.46. The molecule has 2 aromatic rings. The van der Waals surface area contributed by atoms with Crippen molar-refractivity contribution in [2.75, 3.05) is 18.1 Å². The molecule has 0 bridgehead atoms. The van der Waals surface area contributed by atoms with E-state index in [1.807, 2.05) is 30.3 Å². The molecule has 8 heteroatoms. The number of furan rings is 1. The predicted molar refractivity (Wildman–Crippen MR) is 95.1 cm³/mol. The topological polar surface area (TPSA) is 103 Å². The fourth-order valence-corrected chi connectivity index (χ4v) is 4.91. The zero-order chi connectivity index (χ0) is 18.7. The molecule has 3 rings (SSSR count). The minimum absolute atomic E-state index is 0.0113. The molecule has 1 aromatic carbocycles. The van der Waals surface area contributed by atoms with Crippen LogP contribution < -0.4 is 5.32 Å². The van der Waals surface area contributed by atoms with E-state index in [4.69, 9.17) is 9.15 Å². The lowest BCUT2D eigenvalue weighted by atomic mass is 10.1. The summed E-state index contributed by atoms with van der Waals surface area (Å²) in [4.78, 5) is 23.7. The van der Waals surface area contributed by atoms with Crippen molar-refractivity contribution in [2.24, 2.45) is 5.92 Å². The lowest BCUT2D eigenvalue weighted by molar-refractivity contribution is -0.149. The molecule has 2 atom stereocenters. The molecule has 0 aliphatic carbocycles. The van der Waals surface area contributed by atoms with E-state index in [0.717, 1.165) is 11.0 Å².